The zero-order chi connectivity index (χ0) is 14.5. The first-order chi connectivity index (χ1) is 9.63. The lowest BCUT2D eigenvalue weighted by Gasteiger charge is -2.12. The van der Waals surface area contributed by atoms with E-state index in [-0.39, 0.29) is 11.6 Å². The molecular weight excluding hydrogens is 279 g/mol. The molecule has 0 fully saturated rings. The second kappa shape index (κ2) is 6.53. The van der Waals surface area contributed by atoms with Crippen LogP contribution in [0.5, 0.6) is 5.75 Å². The molecular formula is C16H14ClFO2. The number of hydrogen-bond acceptors (Lipinski definition) is 2. The molecule has 0 aliphatic carbocycles. The van der Waals surface area contributed by atoms with Gasteiger partial charge in [-0.2, -0.15) is 0 Å². The van der Waals surface area contributed by atoms with Crippen molar-refractivity contribution >= 4 is 17.4 Å². The van der Waals surface area contributed by atoms with E-state index in [2.05, 4.69) is 0 Å². The summed E-state index contributed by atoms with van der Waals surface area (Å²) in [5.74, 6) is -0.116. The van der Waals surface area contributed by atoms with E-state index < -0.39 is 5.38 Å². The Kier molecular flexibility index (Phi) is 4.74. The minimum absolute atomic E-state index is 0.262. The van der Waals surface area contributed by atoms with Crippen LogP contribution in [0.15, 0.2) is 48.5 Å². The molecule has 0 aliphatic heterocycles. The smallest absolute Gasteiger partial charge is 0.188 e. The number of carbonyl (C=O) groups is 1. The molecule has 2 aromatic carbocycles. The highest BCUT2D eigenvalue weighted by Crippen LogP contribution is 2.29. The van der Waals surface area contributed by atoms with E-state index in [1.165, 1.54) is 24.3 Å². The summed E-state index contributed by atoms with van der Waals surface area (Å²) in [5, 5.41) is -0.864. The predicted molar refractivity (Wildman–Crippen MR) is 76.9 cm³/mol. The lowest BCUT2D eigenvalue weighted by Crippen LogP contribution is -2.10. The SMILES string of the molecule is CCOc1ccccc1C(=O)C(Cl)c1ccc(F)cc1. The van der Waals surface area contributed by atoms with Crippen molar-refractivity contribution < 1.29 is 13.9 Å². The standard InChI is InChI=1S/C16H14ClFO2/c1-2-20-14-6-4-3-5-13(14)16(19)15(17)11-7-9-12(18)10-8-11/h3-10,15H,2H2,1H3. The van der Waals surface area contributed by atoms with Crippen LogP contribution in [0, 0.1) is 5.82 Å². The van der Waals surface area contributed by atoms with E-state index in [0.29, 0.717) is 23.5 Å². The van der Waals surface area contributed by atoms with Gasteiger partial charge < -0.3 is 4.74 Å². The molecule has 0 spiro atoms. The van der Waals surface area contributed by atoms with Crippen molar-refractivity contribution in [2.75, 3.05) is 6.61 Å². The average molecular weight is 293 g/mol. The van der Waals surface area contributed by atoms with Crippen LogP contribution in [0.3, 0.4) is 0 Å². The Morgan fingerprint density at radius 2 is 1.85 bits per heavy atom. The van der Waals surface area contributed by atoms with Gasteiger partial charge in [0.05, 0.1) is 12.2 Å². The molecule has 2 rings (SSSR count). The predicted octanol–water partition coefficient (Wildman–Crippen LogP) is 4.39. The van der Waals surface area contributed by atoms with E-state index in [1.54, 1.807) is 24.3 Å². The van der Waals surface area contributed by atoms with Crippen LogP contribution in [0.1, 0.15) is 28.2 Å². The number of hydrogen-bond donors (Lipinski definition) is 0. The monoisotopic (exact) mass is 292 g/mol. The molecule has 1 unspecified atom stereocenters. The number of benzene rings is 2. The van der Waals surface area contributed by atoms with Gasteiger partial charge in [0.15, 0.2) is 5.78 Å². The second-order valence-corrected chi connectivity index (χ2v) is 4.64. The quantitative estimate of drug-likeness (QED) is 0.603. The summed E-state index contributed by atoms with van der Waals surface area (Å²) < 4.78 is 18.3. The van der Waals surface area contributed by atoms with E-state index in [0.717, 1.165) is 0 Å². The highest BCUT2D eigenvalue weighted by Gasteiger charge is 2.22. The summed E-state index contributed by atoms with van der Waals surface area (Å²) in [6, 6.07) is 12.5. The molecule has 2 aromatic rings. The largest absolute Gasteiger partial charge is 0.493 e. The van der Waals surface area contributed by atoms with Crippen LogP contribution in [-0.2, 0) is 0 Å². The molecule has 0 aliphatic rings. The minimum atomic E-state index is -0.864. The number of para-hydroxylation sites is 1. The van der Waals surface area contributed by atoms with Crippen molar-refractivity contribution in [3.05, 3.63) is 65.5 Å². The first-order valence-corrected chi connectivity index (χ1v) is 6.72. The third-order valence-electron chi connectivity index (χ3n) is 2.85. The van der Waals surface area contributed by atoms with Crippen molar-refractivity contribution in [2.24, 2.45) is 0 Å². The number of rotatable bonds is 5. The Balaban J connectivity index is 2.29. The fourth-order valence-electron chi connectivity index (χ4n) is 1.87. The summed E-state index contributed by atoms with van der Waals surface area (Å²) >= 11 is 6.19. The summed E-state index contributed by atoms with van der Waals surface area (Å²) in [7, 11) is 0. The van der Waals surface area contributed by atoms with Crippen LogP contribution in [-0.4, -0.2) is 12.4 Å². The first kappa shape index (κ1) is 14.5. The molecule has 0 heterocycles. The van der Waals surface area contributed by atoms with E-state index in [1.807, 2.05) is 6.92 Å². The third kappa shape index (κ3) is 3.17. The molecule has 1 atom stereocenters. The van der Waals surface area contributed by atoms with Crippen LogP contribution < -0.4 is 4.74 Å². The van der Waals surface area contributed by atoms with E-state index >= 15 is 0 Å². The van der Waals surface area contributed by atoms with Gasteiger partial charge >= 0.3 is 0 Å². The second-order valence-electron chi connectivity index (χ2n) is 4.21. The van der Waals surface area contributed by atoms with Crippen LogP contribution in [0.2, 0.25) is 0 Å². The van der Waals surface area contributed by atoms with Gasteiger partial charge in [-0.05, 0) is 36.8 Å². The summed E-state index contributed by atoms with van der Waals surface area (Å²) in [6.45, 7) is 2.31. The van der Waals surface area contributed by atoms with Crippen molar-refractivity contribution in [3.8, 4) is 5.75 Å². The van der Waals surface area contributed by atoms with Gasteiger partial charge in [0.1, 0.15) is 16.9 Å². The fraction of sp³-hybridized carbons (Fsp3) is 0.188. The van der Waals surface area contributed by atoms with Crippen LogP contribution in [0.25, 0.3) is 0 Å². The van der Waals surface area contributed by atoms with Crippen molar-refractivity contribution in [1.29, 1.82) is 0 Å². The van der Waals surface area contributed by atoms with E-state index in [9.17, 15) is 9.18 Å². The Labute approximate surface area is 122 Å². The van der Waals surface area contributed by atoms with Crippen molar-refractivity contribution in [2.45, 2.75) is 12.3 Å². The minimum Gasteiger partial charge on any atom is -0.493 e. The number of Topliss-reactive ketones (excluding diaryl/α,β-unsaturated/α-hetero) is 1. The molecule has 104 valence electrons. The number of halogens is 2. The maximum atomic E-state index is 12.9. The van der Waals surface area contributed by atoms with Gasteiger partial charge in [-0.15, -0.1) is 11.6 Å². The average Bonchev–Trinajstić information content (AvgIpc) is 2.47. The first-order valence-electron chi connectivity index (χ1n) is 6.29. The molecule has 4 heteroatoms. The lowest BCUT2D eigenvalue weighted by atomic mass is 10.0. The molecule has 0 N–H and O–H groups in total. The molecule has 2 nitrogen and oxygen atoms in total. The van der Waals surface area contributed by atoms with Crippen LogP contribution >= 0.6 is 11.6 Å². The summed E-state index contributed by atoms with van der Waals surface area (Å²) in [4.78, 5) is 12.4. The third-order valence-corrected chi connectivity index (χ3v) is 3.30. The highest BCUT2D eigenvalue weighted by atomic mass is 35.5. The Morgan fingerprint density at radius 1 is 1.20 bits per heavy atom. The van der Waals surface area contributed by atoms with Gasteiger partial charge in [-0.25, -0.2) is 4.39 Å². The zero-order valence-corrected chi connectivity index (χ0v) is 11.7. The van der Waals surface area contributed by atoms with Gasteiger partial charge in [-0.1, -0.05) is 24.3 Å². The Morgan fingerprint density at radius 3 is 2.50 bits per heavy atom. The van der Waals surface area contributed by atoms with E-state index in [4.69, 9.17) is 16.3 Å². The van der Waals surface area contributed by atoms with Gasteiger partial charge in [-0.3, -0.25) is 4.79 Å². The molecule has 0 amide bonds. The fourth-order valence-corrected chi connectivity index (χ4v) is 2.13. The maximum absolute atomic E-state index is 12.9. The Bertz CT molecular complexity index is 596. The number of alkyl halides is 1. The topological polar surface area (TPSA) is 26.3 Å². The summed E-state index contributed by atoms with van der Waals surface area (Å²) in [5.41, 5.74) is 0.989. The maximum Gasteiger partial charge on any atom is 0.188 e. The van der Waals surface area contributed by atoms with Crippen molar-refractivity contribution in [3.63, 3.8) is 0 Å². The summed E-state index contributed by atoms with van der Waals surface area (Å²) in [6.07, 6.45) is 0. The molecule has 0 bridgehead atoms. The molecule has 0 radical (unpaired) electrons. The number of carbonyl (C=O) groups excluding carboxylic acids is 1. The molecule has 0 saturated carbocycles. The highest BCUT2D eigenvalue weighted by molar-refractivity contribution is 6.34. The molecule has 20 heavy (non-hydrogen) atoms. The zero-order valence-electron chi connectivity index (χ0n) is 11.0. The van der Waals surface area contributed by atoms with Gasteiger partial charge in [0, 0.05) is 0 Å². The lowest BCUT2D eigenvalue weighted by molar-refractivity contribution is 0.0983. The molecule has 0 aromatic heterocycles. The normalized spacial score (nSPS) is 11.9. The van der Waals surface area contributed by atoms with Crippen LogP contribution in [0.4, 0.5) is 4.39 Å². The van der Waals surface area contributed by atoms with Gasteiger partial charge in [0.2, 0.25) is 0 Å². The number of ketones is 1. The van der Waals surface area contributed by atoms with Crippen molar-refractivity contribution in [1.82, 2.24) is 0 Å². The van der Waals surface area contributed by atoms with Gasteiger partial charge in [0.25, 0.3) is 0 Å². The molecule has 0 saturated heterocycles. The number of ether oxygens (including phenoxy) is 1. The Hall–Kier alpha value is -1.87.